The van der Waals surface area contributed by atoms with Crippen LogP contribution in [0.25, 0.3) is 11.0 Å². The van der Waals surface area contributed by atoms with Gasteiger partial charge >= 0.3 is 0 Å². The lowest BCUT2D eigenvalue weighted by Crippen LogP contribution is -2.48. The minimum Gasteiger partial charge on any atom is -0.391 e. The SMILES string of the molecule is CC1CC(C(CC(O)C(Cc2ccccc2F)NC(=O)c2cnc3ccccc3n2)C(N)=O)CC(C)O1. The van der Waals surface area contributed by atoms with E-state index in [1.165, 1.54) is 12.3 Å². The zero-order chi connectivity index (χ0) is 26.5. The molecule has 9 heteroatoms. The number of hydrogen-bond donors (Lipinski definition) is 3. The number of halogens is 1. The Hall–Kier alpha value is -3.43. The molecule has 196 valence electrons. The Balaban J connectivity index is 1.57. The van der Waals surface area contributed by atoms with Crippen LogP contribution in [0.2, 0.25) is 0 Å². The second-order valence-corrected chi connectivity index (χ2v) is 9.92. The molecule has 4 N–H and O–H groups in total. The monoisotopic (exact) mass is 508 g/mol. The number of rotatable bonds is 9. The summed E-state index contributed by atoms with van der Waals surface area (Å²) in [6, 6.07) is 12.5. The Bertz CT molecular complexity index is 1250. The van der Waals surface area contributed by atoms with Crippen molar-refractivity contribution in [1.82, 2.24) is 15.3 Å². The number of hydrogen-bond acceptors (Lipinski definition) is 6. The molecule has 2 aromatic carbocycles. The summed E-state index contributed by atoms with van der Waals surface area (Å²) >= 11 is 0. The van der Waals surface area contributed by atoms with Crippen molar-refractivity contribution in [2.24, 2.45) is 17.6 Å². The first-order valence-electron chi connectivity index (χ1n) is 12.6. The van der Waals surface area contributed by atoms with E-state index >= 15 is 0 Å². The molecule has 0 aliphatic carbocycles. The van der Waals surface area contributed by atoms with E-state index in [2.05, 4.69) is 15.3 Å². The Morgan fingerprint density at radius 1 is 1.11 bits per heavy atom. The van der Waals surface area contributed by atoms with Crippen molar-refractivity contribution < 1.29 is 23.8 Å². The van der Waals surface area contributed by atoms with E-state index < -0.39 is 35.7 Å². The summed E-state index contributed by atoms with van der Waals surface area (Å²) in [6.07, 6.45) is 1.46. The van der Waals surface area contributed by atoms with Gasteiger partial charge in [-0.25, -0.2) is 9.37 Å². The Morgan fingerprint density at radius 2 is 1.76 bits per heavy atom. The second kappa shape index (κ2) is 11.7. The zero-order valence-corrected chi connectivity index (χ0v) is 21.0. The average Bonchev–Trinajstić information content (AvgIpc) is 2.86. The van der Waals surface area contributed by atoms with E-state index in [1.807, 2.05) is 19.9 Å². The topological polar surface area (TPSA) is 127 Å². The van der Waals surface area contributed by atoms with E-state index in [0.29, 0.717) is 29.4 Å². The largest absolute Gasteiger partial charge is 0.391 e. The highest BCUT2D eigenvalue weighted by atomic mass is 19.1. The summed E-state index contributed by atoms with van der Waals surface area (Å²) in [4.78, 5) is 34.3. The fourth-order valence-corrected chi connectivity index (χ4v) is 5.24. The molecule has 37 heavy (non-hydrogen) atoms. The number of primary amides is 1. The van der Waals surface area contributed by atoms with Crippen LogP contribution in [-0.4, -0.2) is 51.2 Å². The van der Waals surface area contributed by atoms with E-state index in [0.717, 1.165) is 0 Å². The molecule has 8 nitrogen and oxygen atoms in total. The predicted octanol–water partition coefficient (Wildman–Crippen LogP) is 3.17. The third-order valence-electron chi connectivity index (χ3n) is 7.02. The summed E-state index contributed by atoms with van der Waals surface area (Å²) in [7, 11) is 0. The number of aromatic nitrogens is 2. The molecule has 2 heterocycles. The van der Waals surface area contributed by atoms with Gasteiger partial charge in [0.1, 0.15) is 11.5 Å². The Kier molecular flexibility index (Phi) is 8.45. The van der Waals surface area contributed by atoms with Crippen molar-refractivity contribution in [3.63, 3.8) is 0 Å². The van der Waals surface area contributed by atoms with Crippen LogP contribution in [0.3, 0.4) is 0 Å². The number of benzene rings is 2. The molecule has 1 aliphatic heterocycles. The van der Waals surface area contributed by atoms with Crippen molar-refractivity contribution in [2.75, 3.05) is 0 Å². The van der Waals surface area contributed by atoms with Crippen LogP contribution < -0.4 is 11.1 Å². The normalized spacial score (nSPS) is 22.2. The van der Waals surface area contributed by atoms with Gasteiger partial charge in [-0.2, -0.15) is 0 Å². The lowest BCUT2D eigenvalue weighted by Gasteiger charge is -2.37. The molecule has 0 radical (unpaired) electrons. The predicted molar refractivity (Wildman–Crippen MR) is 137 cm³/mol. The number of aliphatic hydroxyl groups excluding tert-OH is 1. The summed E-state index contributed by atoms with van der Waals surface area (Å²) in [5.74, 6) is -2.20. The molecule has 0 saturated carbocycles. The molecule has 2 amide bonds. The van der Waals surface area contributed by atoms with E-state index in [-0.39, 0.29) is 36.7 Å². The van der Waals surface area contributed by atoms with Gasteiger partial charge in [-0.05, 0) is 69.2 Å². The summed E-state index contributed by atoms with van der Waals surface area (Å²) < 4.78 is 20.3. The van der Waals surface area contributed by atoms with Gasteiger partial charge in [-0.15, -0.1) is 0 Å². The van der Waals surface area contributed by atoms with Crippen LogP contribution in [0.15, 0.2) is 54.7 Å². The number of amides is 2. The summed E-state index contributed by atoms with van der Waals surface area (Å²) in [5, 5.41) is 14.1. The molecule has 0 spiro atoms. The molecule has 1 saturated heterocycles. The van der Waals surface area contributed by atoms with E-state index in [1.54, 1.807) is 36.4 Å². The third-order valence-corrected chi connectivity index (χ3v) is 7.02. The number of carbonyl (C=O) groups excluding carboxylic acids is 2. The molecular weight excluding hydrogens is 475 g/mol. The van der Waals surface area contributed by atoms with Gasteiger partial charge in [0.2, 0.25) is 5.91 Å². The minimum absolute atomic E-state index is 0.0205. The fourth-order valence-electron chi connectivity index (χ4n) is 5.24. The van der Waals surface area contributed by atoms with Gasteiger partial charge in [0.05, 0.1) is 41.6 Å². The highest BCUT2D eigenvalue weighted by Crippen LogP contribution is 2.33. The first-order valence-corrected chi connectivity index (χ1v) is 12.6. The molecule has 3 aromatic rings. The molecule has 5 atom stereocenters. The molecule has 4 rings (SSSR count). The molecule has 5 unspecified atom stereocenters. The number of ether oxygens (including phenoxy) is 1. The van der Waals surface area contributed by atoms with Gasteiger partial charge in [0.25, 0.3) is 5.91 Å². The number of nitrogens with zero attached hydrogens (tertiary/aromatic N) is 2. The highest BCUT2D eigenvalue weighted by Gasteiger charge is 2.37. The lowest BCUT2D eigenvalue weighted by molar-refractivity contribution is -0.129. The van der Waals surface area contributed by atoms with Crippen LogP contribution in [0.4, 0.5) is 4.39 Å². The van der Waals surface area contributed by atoms with E-state index in [9.17, 15) is 19.1 Å². The molecule has 1 fully saturated rings. The van der Waals surface area contributed by atoms with Crippen molar-refractivity contribution in [3.8, 4) is 0 Å². The van der Waals surface area contributed by atoms with E-state index in [4.69, 9.17) is 10.5 Å². The van der Waals surface area contributed by atoms with Crippen LogP contribution in [-0.2, 0) is 16.0 Å². The molecule has 0 bridgehead atoms. The number of para-hydroxylation sites is 2. The second-order valence-electron chi connectivity index (χ2n) is 9.92. The smallest absolute Gasteiger partial charge is 0.271 e. The van der Waals surface area contributed by atoms with Gasteiger partial charge in [-0.3, -0.25) is 14.6 Å². The standard InChI is InChI=1S/C28H33FN4O4/c1-16-11-19(12-17(2)37-16)20(27(30)35)14-26(34)24(13-18-7-3-4-8-21(18)29)33-28(36)25-15-31-22-9-5-6-10-23(22)32-25/h3-10,15-17,19-20,24,26,34H,11-14H2,1-2H3,(H2,30,35)(H,33,36). The number of nitrogens with one attached hydrogen (secondary N) is 1. The molecule has 1 aromatic heterocycles. The van der Waals surface area contributed by atoms with Crippen molar-refractivity contribution in [1.29, 1.82) is 0 Å². The maximum Gasteiger partial charge on any atom is 0.271 e. The lowest BCUT2D eigenvalue weighted by atomic mass is 9.77. The summed E-state index contributed by atoms with van der Waals surface area (Å²) in [6.45, 7) is 3.89. The van der Waals surface area contributed by atoms with Crippen molar-refractivity contribution in [2.45, 2.75) is 63.9 Å². The zero-order valence-electron chi connectivity index (χ0n) is 21.0. The molecular formula is C28H33FN4O4. The Labute approximate surface area is 215 Å². The maximum absolute atomic E-state index is 14.5. The van der Waals surface area contributed by atoms with Crippen LogP contribution >= 0.6 is 0 Å². The van der Waals surface area contributed by atoms with Crippen molar-refractivity contribution in [3.05, 3.63) is 71.8 Å². The van der Waals surface area contributed by atoms with Gasteiger partial charge in [-0.1, -0.05) is 30.3 Å². The molecule has 1 aliphatic rings. The average molecular weight is 509 g/mol. The number of aliphatic hydroxyl groups is 1. The summed E-state index contributed by atoms with van der Waals surface area (Å²) in [5.41, 5.74) is 7.38. The van der Waals surface area contributed by atoms with Crippen LogP contribution in [0.5, 0.6) is 0 Å². The first kappa shape index (κ1) is 26.6. The number of carbonyl (C=O) groups is 2. The van der Waals surface area contributed by atoms with Gasteiger partial charge < -0.3 is 20.9 Å². The highest BCUT2D eigenvalue weighted by molar-refractivity contribution is 5.94. The fraction of sp³-hybridized carbons (Fsp3) is 0.429. The quantitative estimate of drug-likeness (QED) is 0.407. The van der Waals surface area contributed by atoms with Gasteiger partial charge in [0, 0.05) is 5.92 Å². The number of fused-ring (bicyclic) bond motifs is 1. The maximum atomic E-state index is 14.5. The minimum atomic E-state index is -1.16. The van der Waals surface area contributed by atoms with Crippen LogP contribution in [0, 0.1) is 17.7 Å². The Morgan fingerprint density at radius 3 is 2.43 bits per heavy atom. The van der Waals surface area contributed by atoms with Crippen molar-refractivity contribution >= 4 is 22.8 Å². The first-order chi connectivity index (χ1) is 17.7. The van der Waals surface area contributed by atoms with Gasteiger partial charge in [0.15, 0.2) is 0 Å². The third kappa shape index (κ3) is 6.67. The van der Waals surface area contributed by atoms with Crippen LogP contribution in [0.1, 0.15) is 49.2 Å². The number of nitrogens with two attached hydrogens (primary N) is 1.